The summed E-state index contributed by atoms with van der Waals surface area (Å²) in [6.07, 6.45) is 2.84. The Bertz CT molecular complexity index is 566. The second kappa shape index (κ2) is 9.34. The van der Waals surface area contributed by atoms with Crippen molar-refractivity contribution in [2.75, 3.05) is 19.8 Å². The molecule has 1 aromatic rings. The predicted octanol–water partition coefficient (Wildman–Crippen LogP) is 1.70. The summed E-state index contributed by atoms with van der Waals surface area (Å²) >= 11 is 0. The maximum atomic E-state index is 11.5. The second-order valence-corrected chi connectivity index (χ2v) is 4.35. The molecule has 0 atom stereocenters. The van der Waals surface area contributed by atoms with Crippen LogP contribution in [0.25, 0.3) is 6.08 Å². The number of aliphatic imine (C=N–C) groups is 1. The molecular formula is C16H23N3O4. The van der Waals surface area contributed by atoms with Gasteiger partial charge in [-0.05, 0) is 44.5 Å². The molecule has 0 bridgehead atoms. The Kier molecular flexibility index (Phi) is 7.45. The normalized spacial score (nSPS) is 10.4. The molecule has 0 aliphatic rings. The fraction of sp³-hybridized carbons (Fsp3) is 0.375. The SMILES string of the molecule is CCOc1cc(C=CC(=O)N=C(N)N)cc(OCC)c1OCC. The molecule has 1 amide bonds. The number of guanidine groups is 1. The molecule has 0 fully saturated rings. The monoisotopic (exact) mass is 321 g/mol. The van der Waals surface area contributed by atoms with E-state index < -0.39 is 5.91 Å². The number of carbonyl (C=O) groups is 1. The highest BCUT2D eigenvalue weighted by Crippen LogP contribution is 2.39. The highest BCUT2D eigenvalue weighted by Gasteiger charge is 2.14. The Balaban J connectivity index is 3.20. The topological polar surface area (TPSA) is 109 Å². The van der Waals surface area contributed by atoms with Gasteiger partial charge in [-0.25, -0.2) is 0 Å². The molecule has 0 saturated heterocycles. The third-order valence-corrected chi connectivity index (χ3v) is 2.59. The first kappa shape index (κ1) is 18.3. The van der Waals surface area contributed by atoms with Crippen LogP contribution in [0.2, 0.25) is 0 Å². The van der Waals surface area contributed by atoms with Gasteiger partial charge in [-0.2, -0.15) is 4.99 Å². The first-order valence-electron chi connectivity index (χ1n) is 7.39. The van der Waals surface area contributed by atoms with Crippen LogP contribution in [0, 0.1) is 0 Å². The number of rotatable bonds is 8. The lowest BCUT2D eigenvalue weighted by molar-refractivity contribution is -0.113. The Hall–Kier alpha value is -2.70. The number of nitrogens with zero attached hydrogens (tertiary/aromatic N) is 1. The van der Waals surface area contributed by atoms with Crippen LogP contribution in [0.15, 0.2) is 23.2 Å². The van der Waals surface area contributed by atoms with Crippen molar-refractivity contribution in [1.82, 2.24) is 0 Å². The minimum atomic E-state index is -0.546. The number of nitrogens with two attached hydrogens (primary N) is 2. The molecule has 7 heteroatoms. The molecule has 23 heavy (non-hydrogen) atoms. The van der Waals surface area contributed by atoms with Gasteiger partial charge in [0.2, 0.25) is 5.75 Å². The standard InChI is InChI=1S/C16H23N3O4/c1-4-21-12-9-11(7-8-14(20)19-16(17)18)10-13(22-5-2)15(12)23-6-3/h7-10H,4-6H2,1-3H3,(H4,17,18,19,20). The summed E-state index contributed by atoms with van der Waals surface area (Å²) in [6, 6.07) is 3.52. The maximum Gasteiger partial charge on any atom is 0.272 e. The van der Waals surface area contributed by atoms with Gasteiger partial charge in [0.1, 0.15) is 0 Å². The zero-order chi connectivity index (χ0) is 17.2. The molecule has 0 aliphatic carbocycles. The van der Waals surface area contributed by atoms with E-state index in [1.165, 1.54) is 6.08 Å². The fourth-order valence-electron chi connectivity index (χ4n) is 1.84. The van der Waals surface area contributed by atoms with Crippen molar-refractivity contribution in [2.45, 2.75) is 20.8 Å². The number of ether oxygens (including phenoxy) is 3. The molecule has 0 unspecified atom stereocenters. The van der Waals surface area contributed by atoms with Crippen LogP contribution in [0.3, 0.4) is 0 Å². The van der Waals surface area contributed by atoms with Crippen LogP contribution in [0.1, 0.15) is 26.3 Å². The van der Waals surface area contributed by atoms with Gasteiger partial charge in [-0.1, -0.05) is 0 Å². The number of hydrogen-bond acceptors (Lipinski definition) is 4. The lowest BCUT2D eigenvalue weighted by Crippen LogP contribution is -2.23. The quantitative estimate of drug-likeness (QED) is 0.428. The van der Waals surface area contributed by atoms with Crippen molar-refractivity contribution < 1.29 is 19.0 Å². The molecule has 0 aliphatic heterocycles. The smallest absolute Gasteiger partial charge is 0.272 e. The van der Waals surface area contributed by atoms with E-state index in [9.17, 15) is 4.79 Å². The Morgan fingerprint density at radius 1 is 1.04 bits per heavy atom. The number of hydrogen-bond donors (Lipinski definition) is 2. The van der Waals surface area contributed by atoms with Crippen LogP contribution in [-0.2, 0) is 4.79 Å². The summed E-state index contributed by atoms with van der Waals surface area (Å²) in [6.45, 7) is 7.07. The van der Waals surface area contributed by atoms with E-state index in [2.05, 4.69) is 4.99 Å². The van der Waals surface area contributed by atoms with Crippen molar-refractivity contribution >= 4 is 17.9 Å². The minimum Gasteiger partial charge on any atom is -0.490 e. The third-order valence-electron chi connectivity index (χ3n) is 2.59. The summed E-state index contributed by atoms with van der Waals surface area (Å²) in [5, 5.41) is 0. The molecule has 7 nitrogen and oxygen atoms in total. The van der Waals surface area contributed by atoms with E-state index in [4.69, 9.17) is 25.7 Å². The molecule has 0 spiro atoms. The summed E-state index contributed by atoms with van der Waals surface area (Å²) < 4.78 is 16.8. The second-order valence-electron chi connectivity index (χ2n) is 4.35. The van der Waals surface area contributed by atoms with Crippen molar-refractivity contribution in [1.29, 1.82) is 0 Å². The molecule has 126 valence electrons. The van der Waals surface area contributed by atoms with E-state index in [1.807, 2.05) is 20.8 Å². The zero-order valence-corrected chi connectivity index (χ0v) is 13.7. The molecule has 0 saturated carbocycles. The van der Waals surface area contributed by atoms with Gasteiger partial charge in [0.05, 0.1) is 19.8 Å². The fourth-order valence-corrected chi connectivity index (χ4v) is 1.84. The average molecular weight is 321 g/mol. The van der Waals surface area contributed by atoms with E-state index in [1.54, 1.807) is 18.2 Å². The van der Waals surface area contributed by atoms with Crippen LogP contribution in [-0.4, -0.2) is 31.7 Å². The average Bonchev–Trinajstić information content (AvgIpc) is 2.48. The largest absolute Gasteiger partial charge is 0.490 e. The first-order chi connectivity index (χ1) is 11.0. The summed E-state index contributed by atoms with van der Waals surface area (Å²) in [7, 11) is 0. The molecule has 0 heterocycles. The molecule has 1 rings (SSSR count). The van der Waals surface area contributed by atoms with Crippen molar-refractivity contribution in [2.24, 2.45) is 16.5 Å². The van der Waals surface area contributed by atoms with Crippen molar-refractivity contribution in [3.05, 3.63) is 23.8 Å². The van der Waals surface area contributed by atoms with Gasteiger partial charge in [0, 0.05) is 6.08 Å². The molecule has 4 N–H and O–H groups in total. The van der Waals surface area contributed by atoms with E-state index >= 15 is 0 Å². The lowest BCUT2D eigenvalue weighted by Gasteiger charge is -2.16. The van der Waals surface area contributed by atoms with Crippen molar-refractivity contribution in [3.63, 3.8) is 0 Å². The molecule has 0 radical (unpaired) electrons. The van der Waals surface area contributed by atoms with E-state index in [0.717, 1.165) is 0 Å². The van der Waals surface area contributed by atoms with Gasteiger partial charge in [0.25, 0.3) is 5.91 Å². The van der Waals surface area contributed by atoms with E-state index in [-0.39, 0.29) is 5.96 Å². The number of carbonyl (C=O) groups excluding carboxylic acids is 1. The van der Waals surface area contributed by atoms with Crippen LogP contribution < -0.4 is 25.7 Å². The van der Waals surface area contributed by atoms with Crippen LogP contribution in [0.5, 0.6) is 17.2 Å². The summed E-state index contributed by atoms with van der Waals surface area (Å²) in [4.78, 5) is 14.9. The first-order valence-corrected chi connectivity index (χ1v) is 7.39. The molecular weight excluding hydrogens is 298 g/mol. The number of amides is 1. The van der Waals surface area contributed by atoms with Crippen LogP contribution >= 0.6 is 0 Å². The maximum absolute atomic E-state index is 11.5. The summed E-state index contributed by atoms with van der Waals surface area (Å²) in [5.41, 5.74) is 11.0. The van der Waals surface area contributed by atoms with Crippen LogP contribution in [0.4, 0.5) is 0 Å². The van der Waals surface area contributed by atoms with Gasteiger partial charge >= 0.3 is 0 Å². The Morgan fingerprint density at radius 2 is 1.57 bits per heavy atom. The highest BCUT2D eigenvalue weighted by molar-refractivity contribution is 5.99. The molecule has 1 aromatic carbocycles. The number of benzene rings is 1. The predicted molar refractivity (Wildman–Crippen MR) is 89.8 cm³/mol. The van der Waals surface area contributed by atoms with Gasteiger partial charge in [-0.3, -0.25) is 4.79 Å². The zero-order valence-electron chi connectivity index (χ0n) is 13.7. The summed E-state index contributed by atoms with van der Waals surface area (Å²) in [5.74, 6) is 0.818. The Labute approximate surface area is 135 Å². The van der Waals surface area contributed by atoms with Crippen molar-refractivity contribution in [3.8, 4) is 17.2 Å². The third kappa shape index (κ3) is 5.90. The lowest BCUT2D eigenvalue weighted by atomic mass is 10.1. The van der Waals surface area contributed by atoms with Gasteiger partial charge in [0.15, 0.2) is 17.5 Å². The Morgan fingerprint density at radius 3 is 2.00 bits per heavy atom. The highest BCUT2D eigenvalue weighted by atomic mass is 16.5. The minimum absolute atomic E-state index is 0.281. The van der Waals surface area contributed by atoms with Gasteiger partial charge < -0.3 is 25.7 Å². The van der Waals surface area contributed by atoms with E-state index in [0.29, 0.717) is 42.6 Å². The molecule has 0 aromatic heterocycles. The van der Waals surface area contributed by atoms with Gasteiger partial charge in [-0.15, -0.1) is 0 Å².